The standard InChI is InChI=1S/C10H15ClN2S/c1-7(2)13-9(5-12-10(13)11)8-3-4-14-6-8/h5,7-8H,3-4,6H2,1-2H3. The Morgan fingerprint density at radius 1 is 1.64 bits per heavy atom. The van der Waals surface area contributed by atoms with E-state index in [4.69, 9.17) is 11.6 Å². The summed E-state index contributed by atoms with van der Waals surface area (Å²) in [6.45, 7) is 4.30. The van der Waals surface area contributed by atoms with Crippen LogP contribution in [0.25, 0.3) is 0 Å². The van der Waals surface area contributed by atoms with Crippen LogP contribution in [0.5, 0.6) is 0 Å². The second-order valence-electron chi connectivity index (χ2n) is 3.98. The molecule has 2 rings (SSSR count). The largest absolute Gasteiger partial charge is 0.316 e. The molecule has 1 saturated heterocycles. The van der Waals surface area contributed by atoms with Crippen molar-refractivity contribution < 1.29 is 0 Å². The summed E-state index contributed by atoms with van der Waals surface area (Å²) in [5, 5.41) is 0.631. The molecule has 0 saturated carbocycles. The summed E-state index contributed by atoms with van der Waals surface area (Å²) in [6.07, 6.45) is 3.21. The molecular formula is C10H15ClN2S. The molecule has 14 heavy (non-hydrogen) atoms. The van der Waals surface area contributed by atoms with Gasteiger partial charge in [0.2, 0.25) is 5.28 Å². The van der Waals surface area contributed by atoms with Gasteiger partial charge < -0.3 is 4.57 Å². The van der Waals surface area contributed by atoms with Crippen molar-refractivity contribution in [2.75, 3.05) is 11.5 Å². The second kappa shape index (κ2) is 4.15. The molecule has 2 heterocycles. The first-order valence-electron chi connectivity index (χ1n) is 5.00. The highest BCUT2D eigenvalue weighted by Crippen LogP contribution is 2.34. The van der Waals surface area contributed by atoms with Crippen LogP contribution in [0.1, 0.15) is 37.9 Å². The molecule has 0 spiro atoms. The Kier molecular flexibility index (Phi) is 3.07. The summed E-state index contributed by atoms with van der Waals surface area (Å²) < 4.78 is 2.15. The summed E-state index contributed by atoms with van der Waals surface area (Å²) in [5.41, 5.74) is 1.31. The van der Waals surface area contributed by atoms with Gasteiger partial charge in [0.05, 0.1) is 6.20 Å². The monoisotopic (exact) mass is 230 g/mol. The molecule has 1 aliphatic rings. The van der Waals surface area contributed by atoms with Crippen LogP contribution in [0.4, 0.5) is 0 Å². The van der Waals surface area contributed by atoms with Gasteiger partial charge in [-0.2, -0.15) is 11.8 Å². The molecule has 0 radical (unpaired) electrons. The molecule has 1 fully saturated rings. The van der Waals surface area contributed by atoms with Gasteiger partial charge in [0.25, 0.3) is 0 Å². The molecule has 2 nitrogen and oxygen atoms in total. The molecule has 0 bridgehead atoms. The van der Waals surface area contributed by atoms with Gasteiger partial charge in [-0.15, -0.1) is 0 Å². The van der Waals surface area contributed by atoms with Crippen molar-refractivity contribution in [3.8, 4) is 0 Å². The zero-order chi connectivity index (χ0) is 10.1. The van der Waals surface area contributed by atoms with E-state index in [1.807, 2.05) is 18.0 Å². The third kappa shape index (κ3) is 1.80. The minimum Gasteiger partial charge on any atom is -0.316 e. The van der Waals surface area contributed by atoms with Crippen molar-refractivity contribution in [1.82, 2.24) is 9.55 Å². The highest BCUT2D eigenvalue weighted by Gasteiger charge is 2.23. The highest BCUT2D eigenvalue weighted by molar-refractivity contribution is 7.99. The van der Waals surface area contributed by atoms with Crippen molar-refractivity contribution in [2.45, 2.75) is 32.2 Å². The molecule has 1 aliphatic heterocycles. The Morgan fingerprint density at radius 2 is 2.43 bits per heavy atom. The van der Waals surface area contributed by atoms with E-state index in [0.717, 1.165) is 0 Å². The minimum atomic E-state index is 0.408. The third-order valence-electron chi connectivity index (χ3n) is 2.64. The summed E-state index contributed by atoms with van der Waals surface area (Å²) in [4.78, 5) is 4.20. The van der Waals surface area contributed by atoms with E-state index in [1.54, 1.807) is 0 Å². The van der Waals surface area contributed by atoms with Gasteiger partial charge >= 0.3 is 0 Å². The Morgan fingerprint density at radius 3 is 3.00 bits per heavy atom. The zero-order valence-electron chi connectivity index (χ0n) is 8.53. The van der Waals surface area contributed by atoms with E-state index < -0.39 is 0 Å². The Hall–Kier alpha value is -0.150. The lowest BCUT2D eigenvalue weighted by Crippen LogP contribution is -2.09. The molecule has 1 unspecified atom stereocenters. The van der Waals surface area contributed by atoms with E-state index in [9.17, 15) is 0 Å². The lowest BCUT2D eigenvalue weighted by Gasteiger charge is -2.16. The van der Waals surface area contributed by atoms with E-state index in [1.165, 1.54) is 23.6 Å². The molecule has 0 aliphatic carbocycles. The van der Waals surface area contributed by atoms with E-state index >= 15 is 0 Å². The van der Waals surface area contributed by atoms with Crippen LogP contribution in [0.3, 0.4) is 0 Å². The number of nitrogens with zero attached hydrogens (tertiary/aromatic N) is 2. The van der Waals surface area contributed by atoms with E-state index in [2.05, 4.69) is 23.4 Å². The smallest absolute Gasteiger partial charge is 0.203 e. The van der Waals surface area contributed by atoms with Gasteiger partial charge in [0.15, 0.2) is 0 Å². The molecule has 1 aromatic heterocycles. The zero-order valence-corrected chi connectivity index (χ0v) is 10.1. The van der Waals surface area contributed by atoms with Crippen LogP contribution in [-0.4, -0.2) is 21.1 Å². The predicted molar refractivity (Wildman–Crippen MR) is 62.3 cm³/mol. The SMILES string of the molecule is CC(C)n1c(C2CCSC2)cnc1Cl. The predicted octanol–water partition coefficient (Wildman–Crippen LogP) is 3.34. The fourth-order valence-electron chi connectivity index (χ4n) is 1.93. The minimum absolute atomic E-state index is 0.408. The average molecular weight is 231 g/mol. The molecule has 78 valence electrons. The number of imidazole rings is 1. The second-order valence-corrected chi connectivity index (χ2v) is 5.46. The molecule has 0 N–H and O–H groups in total. The lowest BCUT2D eigenvalue weighted by molar-refractivity contribution is 0.551. The first kappa shape index (κ1) is 10.4. The summed E-state index contributed by atoms with van der Waals surface area (Å²) in [7, 11) is 0. The first-order chi connectivity index (χ1) is 6.70. The van der Waals surface area contributed by atoms with Gasteiger partial charge in [-0.3, -0.25) is 0 Å². The molecule has 0 aromatic carbocycles. The summed E-state index contributed by atoms with van der Waals surface area (Å²) >= 11 is 8.09. The Bertz CT molecular complexity index is 316. The number of aromatic nitrogens is 2. The van der Waals surface area contributed by atoms with Crippen LogP contribution in [0.2, 0.25) is 5.28 Å². The van der Waals surface area contributed by atoms with Crippen molar-refractivity contribution in [3.63, 3.8) is 0 Å². The van der Waals surface area contributed by atoms with Crippen LogP contribution < -0.4 is 0 Å². The molecule has 0 amide bonds. The van der Waals surface area contributed by atoms with Gasteiger partial charge in [0, 0.05) is 23.4 Å². The topological polar surface area (TPSA) is 17.8 Å². The van der Waals surface area contributed by atoms with Gasteiger partial charge in [-0.05, 0) is 37.6 Å². The van der Waals surface area contributed by atoms with Crippen molar-refractivity contribution in [1.29, 1.82) is 0 Å². The highest BCUT2D eigenvalue weighted by atomic mass is 35.5. The molecule has 1 aromatic rings. The molecular weight excluding hydrogens is 216 g/mol. The van der Waals surface area contributed by atoms with Crippen LogP contribution in [0, 0.1) is 0 Å². The summed E-state index contributed by atoms with van der Waals surface area (Å²) in [5.74, 6) is 3.14. The fourth-order valence-corrected chi connectivity index (χ4v) is 3.51. The fraction of sp³-hybridized carbons (Fsp3) is 0.700. The third-order valence-corrected chi connectivity index (χ3v) is 4.09. The van der Waals surface area contributed by atoms with E-state index in [0.29, 0.717) is 17.2 Å². The lowest BCUT2D eigenvalue weighted by atomic mass is 10.1. The van der Waals surface area contributed by atoms with Crippen LogP contribution >= 0.6 is 23.4 Å². The number of hydrogen-bond acceptors (Lipinski definition) is 2. The van der Waals surface area contributed by atoms with Gasteiger partial charge in [0.1, 0.15) is 0 Å². The quantitative estimate of drug-likeness (QED) is 0.776. The van der Waals surface area contributed by atoms with Crippen molar-refractivity contribution in [3.05, 3.63) is 17.2 Å². The number of rotatable bonds is 2. The first-order valence-corrected chi connectivity index (χ1v) is 6.53. The van der Waals surface area contributed by atoms with Gasteiger partial charge in [-0.25, -0.2) is 4.98 Å². The van der Waals surface area contributed by atoms with Crippen LogP contribution in [-0.2, 0) is 0 Å². The van der Waals surface area contributed by atoms with Gasteiger partial charge in [-0.1, -0.05) is 0 Å². The Labute approximate surface area is 94.0 Å². The maximum atomic E-state index is 6.06. The number of halogens is 1. The normalized spacial score (nSPS) is 22.1. The molecule has 4 heteroatoms. The average Bonchev–Trinajstić information content (AvgIpc) is 2.70. The Balaban J connectivity index is 2.32. The number of thioether (sulfide) groups is 1. The maximum Gasteiger partial charge on any atom is 0.203 e. The molecule has 1 atom stereocenters. The van der Waals surface area contributed by atoms with Crippen molar-refractivity contribution in [2.24, 2.45) is 0 Å². The van der Waals surface area contributed by atoms with Crippen LogP contribution in [0.15, 0.2) is 6.20 Å². The van der Waals surface area contributed by atoms with Crippen molar-refractivity contribution >= 4 is 23.4 Å². The number of hydrogen-bond donors (Lipinski definition) is 0. The summed E-state index contributed by atoms with van der Waals surface area (Å²) in [6, 6.07) is 0.408. The maximum absolute atomic E-state index is 6.06. The van der Waals surface area contributed by atoms with E-state index in [-0.39, 0.29) is 0 Å².